The van der Waals surface area contributed by atoms with E-state index in [-0.39, 0.29) is 6.17 Å². The van der Waals surface area contributed by atoms with Crippen molar-refractivity contribution in [2.75, 3.05) is 0 Å². The number of fused-ring (bicyclic) bond motifs is 5. The summed E-state index contributed by atoms with van der Waals surface area (Å²) in [5.74, 6) is 0. The van der Waals surface area contributed by atoms with Gasteiger partial charge in [-0.2, -0.15) is 0 Å². The highest BCUT2D eigenvalue weighted by Gasteiger charge is 2.21. The predicted octanol–water partition coefficient (Wildman–Crippen LogP) is 13.7. The minimum Gasteiger partial charge on any atom is -0.312 e. The van der Waals surface area contributed by atoms with Crippen LogP contribution >= 0.6 is 0 Å². The highest BCUT2D eigenvalue weighted by Crippen LogP contribution is 2.47. The van der Waals surface area contributed by atoms with Gasteiger partial charge in [0.1, 0.15) is 6.17 Å². The monoisotopic (exact) mass is 743 g/mol. The predicted molar refractivity (Wildman–Crippen MR) is 246 cm³/mol. The maximum atomic E-state index is 6.79. The first kappa shape index (κ1) is 35.3. The minimum atomic E-state index is -0.411. The third-order valence-electron chi connectivity index (χ3n) is 11.4. The second-order valence-corrected chi connectivity index (χ2v) is 14.8. The maximum Gasteiger partial charge on any atom is 0.127 e. The fraction of sp³-hybridized carbons (Fsp3) is 0.0364. The molecule has 0 bridgehead atoms. The van der Waals surface area contributed by atoms with Crippen LogP contribution in [0.15, 0.2) is 217 Å². The molecule has 58 heavy (non-hydrogen) atoms. The molecule has 0 aromatic heterocycles. The van der Waals surface area contributed by atoms with E-state index < -0.39 is 6.17 Å². The van der Waals surface area contributed by atoms with Crippen LogP contribution in [-0.2, 0) is 0 Å². The van der Waals surface area contributed by atoms with Gasteiger partial charge < -0.3 is 5.73 Å². The van der Waals surface area contributed by atoms with Crippen molar-refractivity contribution >= 4 is 49.3 Å². The van der Waals surface area contributed by atoms with Gasteiger partial charge in [0.2, 0.25) is 0 Å². The molecule has 0 saturated heterocycles. The van der Waals surface area contributed by atoms with Gasteiger partial charge in [0.05, 0.1) is 6.17 Å². The van der Waals surface area contributed by atoms with Crippen LogP contribution in [0.1, 0.15) is 29.0 Å². The number of hydrogen-bond acceptors (Lipinski definition) is 3. The molecule has 0 radical (unpaired) electrons. The van der Waals surface area contributed by atoms with Crippen LogP contribution < -0.4 is 11.1 Å². The maximum absolute atomic E-state index is 6.79. The number of rotatable bonds is 9. The van der Waals surface area contributed by atoms with E-state index in [1.54, 1.807) is 0 Å². The summed E-state index contributed by atoms with van der Waals surface area (Å²) in [6.45, 7) is 0. The lowest BCUT2D eigenvalue weighted by Gasteiger charge is -2.22. The molecular formula is C55H41N3. The molecule has 0 heterocycles. The highest BCUT2D eigenvalue weighted by atomic mass is 15.1. The number of aliphatic imine (C=N–C) groups is 1. The van der Waals surface area contributed by atoms with E-state index in [9.17, 15) is 0 Å². The zero-order valence-corrected chi connectivity index (χ0v) is 32.0. The third-order valence-corrected chi connectivity index (χ3v) is 11.4. The van der Waals surface area contributed by atoms with Crippen LogP contribution in [0.4, 0.5) is 0 Å². The van der Waals surface area contributed by atoms with Gasteiger partial charge in [-0.05, 0) is 87.6 Å². The fourth-order valence-corrected chi connectivity index (χ4v) is 8.59. The van der Waals surface area contributed by atoms with Crippen molar-refractivity contribution in [3.63, 3.8) is 0 Å². The van der Waals surface area contributed by atoms with Gasteiger partial charge in [0.15, 0.2) is 0 Å². The first-order chi connectivity index (χ1) is 28.7. The summed E-state index contributed by atoms with van der Waals surface area (Å²) >= 11 is 0. The summed E-state index contributed by atoms with van der Waals surface area (Å²) in [7, 11) is 0. The van der Waals surface area contributed by atoms with E-state index in [0.717, 1.165) is 27.6 Å². The lowest BCUT2D eigenvalue weighted by Crippen LogP contribution is -2.31. The summed E-state index contributed by atoms with van der Waals surface area (Å²) < 4.78 is 0. The quantitative estimate of drug-likeness (QED) is 0.0669. The Bertz CT molecular complexity index is 3080. The highest BCUT2D eigenvalue weighted by molar-refractivity contribution is 6.29. The minimum absolute atomic E-state index is 0.386. The molecule has 0 fully saturated rings. The van der Waals surface area contributed by atoms with E-state index >= 15 is 0 Å². The van der Waals surface area contributed by atoms with E-state index in [1.165, 1.54) is 65.5 Å². The Kier molecular flexibility index (Phi) is 9.36. The van der Waals surface area contributed by atoms with Crippen LogP contribution in [0.5, 0.6) is 0 Å². The molecule has 0 aliphatic carbocycles. The van der Waals surface area contributed by atoms with Crippen molar-refractivity contribution in [1.82, 2.24) is 5.32 Å². The summed E-state index contributed by atoms with van der Waals surface area (Å²) in [6, 6.07) is 75.5. The van der Waals surface area contributed by atoms with E-state index in [1.807, 2.05) is 42.6 Å². The van der Waals surface area contributed by atoms with Crippen LogP contribution in [-0.4, -0.2) is 6.21 Å². The van der Waals surface area contributed by atoms with Crippen molar-refractivity contribution in [1.29, 1.82) is 0 Å². The topological polar surface area (TPSA) is 50.4 Å². The van der Waals surface area contributed by atoms with Gasteiger partial charge >= 0.3 is 0 Å². The molecule has 3 N–H and O–H groups in total. The van der Waals surface area contributed by atoms with Crippen LogP contribution in [0.3, 0.4) is 0 Å². The Hall–Kier alpha value is -7.17. The Morgan fingerprint density at radius 2 is 0.948 bits per heavy atom. The van der Waals surface area contributed by atoms with Crippen molar-refractivity contribution in [3.8, 4) is 33.4 Å². The molecule has 0 aliphatic rings. The molecule has 10 aromatic rings. The van der Waals surface area contributed by atoms with Crippen LogP contribution in [0.25, 0.3) is 76.5 Å². The molecule has 276 valence electrons. The van der Waals surface area contributed by atoms with Crippen molar-refractivity contribution in [2.24, 2.45) is 10.7 Å². The second-order valence-electron chi connectivity index (χ2n) is 14.8. The second kappa shape index (κ2) is 15.4. The number of nitrogens with two attached hydrogens (primary N) is 1. The summed E-state index contributed by atoms with van der Waals surface area (Å²) in [5, 5.41) is 13.4. The van der Waals surface area contributed by atoms with Crippen molar-refractivity contribution in [2.45, 2.75) is 12.3 Å². The summed E-state index contributed by atoms with van der Waals surface area (Å²) in [6.07, 6.45) is 1.21. The van der Waals surface area contributed by atoms with Gasteiger partial charge in [-0.25, -0.2) is 0 Å². The molecular weight excluding hydrogens is 703 g/mol. The Labute approximate surface area is 338 Å². The van der Waals surface area contributed by atoms with Crippen molar-refractivity contribution < 1.29 is 0 Å². The standard InChI is InChI=1S/C55H41N3/c56-54(41-21-8-3-9-22-41)58-55(42-30-28-38(29-31-42)37-16-4-1-5-17-37)57-36-43-33-34-49(46-25-13-12-23-44(43)46)53-48-27-15-14-26-47(48)51(40-19-6-2-7-20-40)50-35-32-39-18-10-11-24-45(39)52(50)53/h1-36,54-55,58H,56H2/b57-36+. The molecule has 10 rings (SSSR count). The number of nitrogens with one attached hydrogen (secondary N) is 1. The zero-order chi connectivity index (χ0) is 38.8. The molecule has 0 aliphatic heterocycles. The number of hydrogen-bond donors (Lipinski definition) is 2. The summed E-state index contributed by atoms with van der Waals surface area (Å²) in [4.78, 5) is 5.25. The Morgan fingerprint density at radius 1 is 0.397 bits per heavy atom. The summed E-state index contributed by atoms with van der Waals surface area (Å²) in [5.41, 5.74) is 17.1. The third kappa shape index (κ3) is 6.53. The zero-order valence-electron chi connectivity index (χ0n) is 32.0. The van der Waals surface area contributed by atoms with Gasteiger partial charge in [-0.1, -0.05) is 212 Å². The lowest BCUT2D eigenvalue weighted by molar-refractivity contribution is 0.467. The largest absolute Gasteiger partial charge is 0.312 e. The average Bonchev–Trinajstić information content (AvgIpc) is 3.30. The smallest absolute Gasteiger partial charge is 0.127 e. The molecule has 10 aromatic carbocycles. The molecule has 2 atom stereocenters. The van der Waals surface area contributed by atoms with Crippen molar-refractivity contribution in [3.05, 3.63) is 229 Å². The van der Waals surface area contributed by atoms with Crippen LogP contribution in [0, 0.1) is 0 Å². The lowest BCUT2D eigenvalue weighted by atomic mass is 9.82. The van der Waals surface area contributed by atoms with E-state index in [0.29, 0.717) is 0 Å². The molecule has 3 heteroatoms. The van der Waals surface area contributed by atoms with Gasteiger partial charge in [-0.15, -0.1) is 0 Å². The van der Waals surface area contributed by atoms with E-state index in [2.05, 4.69) is 181 Å². The van der Waals surface area contributed by atoms with Gasteiger partial charge in [0, 0.05) is 11.8 Å². The Morgan fingerprint density at radius 3 is 1.66 bits per heavy atom. The molecule has 3 nitrogen and oxygen atoms in total. The first-order valence-electron chi connectivity index (χ1n) is 19.9. The first-order valence-corrected chi connectivity index (χ1v) is 19.9. The van der Waals surface area contributed by atoms with Gasteiger partial charge in [0.25, 0.3) is 0 Å². The molecule has 0 saturated carbocycles. The number of benzene rings is 10. The SMILES string of the molecule is NC(NC(/N=C/c1ccc(-c2c3ccccc3c(-c3ccccc3)c3ccc4ccccc4c23)c2ccccc12)c1ccc(-c2ccccc2)cc1)c1ccccc1. The van der Waals surface area contributed by atoms with Crippen LogP contribution in [0.2, 0.25) is 0 Å². The normalized spacial score (nSPS) is 12.8. The number of nitrogens with zero attached hydrogens (tertiary/aromatic N) is 1. The van der Waals surface area contributed by atoms with Gasteiger partial charge in [-0.3, -0.25) is 10.3 Å². The molecule has 0 spiro atoms. The van der Waals surface area contributed by atoms with E-state index in [4.69, 9.17) is 10.7 Å². The fourth-order valence-electron chi connectivity index (χ4n) is 8.59. The Balaban J connectivity index is 1.13. The molecule has 2 unspecified atom stereocenters. The average molecular weight is 744 g/mol. The molecule has 0 amide bonds.